The lowest BCUT2D eigenvalue weighted by molar-refractivity contribution is 0.00391. The van der Waals surface area contributed by atoms with E-state index in [9.17, 15) is 9.90 Å². The average Bonchev–Trinajstić information content (AvgIpc) is 2.07. The zero-order valence-electron chi connectivity index (χ0n) is 12.7. The number of piperidine rings is 1. The topological polar surface area (TPSA) is 49.8 Å². The summed E-state index contributed by atoms with van der Waals surface area (Å²) < 4.78 is 35.8. The highest BCUT2D eigenvalue weighted by molar-refractivity contribution is 5.68. The number of amides is 1. The molecule has 1 atom stereocenters. The van der Waals surface area contributed by atoms with E-state index in [4.69, 9.17) is 10.2 Å². The molecule has 82 valence electrons. The number of β-amino-alcohol motifs (C(OH)–C–C–N with tert-alkyl or cyclic N) is 1. The maximum atomic E-state index is 11.9. The van der Waals surface area contributed by atoms with E-state index in [-0.39, 0.29) is 12.8 Å². The van der Waals surface area contributed by atoms with Crippen molar-refractivity contribution in [3.63, 3.8) is 0 Å². The number of hydrogen-bond donors (Lipinski definition) is 1. The number of hydrogen-bond acceptors (Lipinski definition) is 3. The van der Waals surface area contributed by atoms with Crippen molar-refractivity contribution in [2.45, 2.75) is 45.3 Å². The van der Waals surface area contributed by atoms with Crippen LogP contribution in [-0.2, 0) is 4.74 Å². The lowest BCUT2D eigenvalue weighted by atomic mass is 10.1. The van der Waals surface area contributed by atoms with Crippen LogP contribution in [0.2, 0.25) is 0 Å². The van der Waals surface area contributed by atoms with Crippen LogP contribution in [-0.4, -0.2) is 40.8 Å². The number of rotatable bonds is 0. The van der Waals surface area contributed by atoms with Gasteiger partial charge in [-0.25, -0.2) is 4.79 Å². The Morgan fingerprint density at radius 3 is 2.86 bits per heavy atom. The van der Waals surface area contributed by atoms with Gasteiger partial charge < -0.3 is 14.7 Å². The molecule has 0 saturated carbocycles. The van der Waals surface area contributed by atoms with Gasteiger partial charge in [-0.05, 0) is 33.6 Å². The van der Waals surface area contributed by atoms with Crippen LogP contribution in [0, 0.1) is 0 Å². The fraction of sp³-hybridized carbons (Fsp3) is 0.900. The molecule has 1 fully saturated rings. The third-order valence-electron chi connectivity index (χ3n) is 1.54. The molecule has 1 aliphatic rings. The Kier molecular flexibility index (Phi) is 1.99. The van der Waals surface area contributed by atoms with E-state index in [2.05, 4.69) is 0 Å². The molecule has 0 aromatic rings. The van der Waals surface area contributed by atoms with Crippen molar-refractivity contribution in [3.05, 3.63) is 0 Å². The van der Waals surface area contributed by atoms with Gasteiger partial charge in [0.25, 0.3) is 0 Å². The van der Waals surface area contributed by atoms with Gasteiger partial charge in [0, 0.05) is 15.7 Å². The molecule has 1 heterocycles. The van der Waals surface area contributed by atoms with Gasteiger partial charge in [0.2, 0.25) is 0 Å². The number of nitrogens with zero attached hydrogens (tertiary/aromatic N) is 1. The second kappa shape index (κ2) is 4.17. The van der Waals surface area contributed by atoms with Crippen molar-refractivity contribution in [2.24, 2.45) is 0 Å². The number of aliphatic hydroxyl groups is 1. The second-order valence-corrected chi connectivity index (χ2v) is 4.16. The minimum absolute atomic E-state index is 0.0424. The normalized spacial score (nSPS) is 34.9. The standard InChI is InChI=1S/C10H19NO3/c1-10(2,3)14-9(13)11-6-4-5-8(12)7-11/h8,12H,4-7H2,1-3H3/t8-/m0/s1/i6D2,7D2. The molecule has 14 heavy (non-hydrogen) atoms. The van der Waals surface area contributed by atoms with Crippen molar-refractivity contribution in [3.8, 4) is 0 Å². The first-order chi connectivity index (χ1) is 7.88. The van der Waals surface area contributed by atoms with Gasteiger partial charge in [0.05, 0.1) is 8.85 Å². The summed E-state index contributed by atoms with van der Waals surface area (Å²) >= 11 is 0. The molecule has 4 nitrogen and oxygen atoms in total. The molecule has 0 bridgehead atoms. The van der Waals surface area contributed by atoms with Gasteiger partial charge >= 0.3 is 6.09 Å². The lowest BCUT2D eigenvalue weighted by Crippen LogP contribution is -2.44. The molecule has 1 N–H and O–H groups in total. The minimum Gasteiger partial charge on any atom is -0.444 e. The van der Waals surface area contributed by atoms with Gasteiger partial charge in [-0.15, -0.1) is 0 Å². The quantitative estimate of drug-likeness (QED) is 0.650. The SMILES string of the molecule is [2H]C1([2H])CC[C@H](O)C([2H])([2H])N1C(=O)OC(C)(C)C. The number of aliphatic hydroxyl groups excluding tert-OH is 1. The van der Waals surface area contributed by atoms with Crippen LogP contribution < -0.4 is 0 Å². The van der Waals surface area contributed by atoms with Gasteiger partial charge in [0.15, 0.2) is 0 Å². The fourth-order valence-electron chi connectivity index (χ4n) is 0.997. The van der Waals surface area contributed by atoms with E-state index in [0.29, 0.717) is 4.90 Å². The third kappa shape index (κ3) is 3.54. The molecular formula is C10H19NO3. The van der Waals surface area contributed by atoms with Crippen LogP contribution in [0.25, 0.3) is 0 Å². The van der Waals surface area contributed by atoms with Crippen molar-refractivity contribution < 1.29 is 20.1 Å². The smallest absolute Gasteiger partial charge is 0.410 e. The summed E-state index contributed by atoms with van der Waals surface area (Å²) in [6, 6.07) is 0. The second-order valence-electron chi connectivity index (χ2n) is 4.16. The highest BCUT2D eigenvalue weighted by Gasteiger charge is 2.26. The number of carbonyl (C=O) groups is 1. The van der Waals surface area contributed by atoms with Crippen LogP contribution >= 0.6 is 0 Å². The van der Waals surface area contributed by atoms with Crippen LogP contribution in [0.5, 0.6) is 0 Å². The van der Waals surface area contributed by atoms with Crippen LogP contribution in [0.1, 0.15) is 39.1 Å². The molecule has 1 rings (SSSR count). The van der Waals surface area contributed by atoms with Crippen molar-refractivity contribution in [1.29, 1.82) is 0 Å². The Balaban J connectivity index is 3.03. The zero-order chi connectivity index (χ0) is 14.4. The Morgan fingerprint density at radius 1 is 1.64 bits per heavy atom. The van der Waals surface area contributed by atoms with E-state index < -0.39 is 30.8 Å². The van der Waals surface area contributed by atoms with Crippen LogP contribution in [0.4, 0.5) is 4.79 Å². The summed E-state index contributed by atoms with van der Waals surface area (Å²) in [7, 11) is 0. The fourth-order valence-corrected chi connectivity index (χ4v) is 0.997. The van der Waals surface area contributed by atoms with E-state index in [1.165, 1.54) is 0 Å². The largest absolute Gasteiger partial charge is 0.444 e. The lowest BCUT2D eigenvalue weighted by Gasteiger charge is -2.32. The third-order valence-corrected chi connectivity index (χ3v) is 1.54. The molecule has 0 aromatic heterocycles. The molecule has 1 amide bonds. The summed E-state index contributed by atoms with van der Waals surface area (Å²) in [5.41, 5.74) is -0.856. The van der Waals surface area contributed by atoms with E-state index in [1.807, 2.05) is 0 Å². The molecule has 0 unspecified atom stereocenters. The summed E-state index contributed by atoms with van der Waals surface area (Å²) in [5.74, 6) is 0. The first kappa shape index (κ1) is 6.67. The van der Waals surface area contributed by atoms with Crippen LogP contribution in [0.3, 0.4) is 0 Å². The first-order valence-corrected chi connectivity index (χ1v) is 4.59. The summed E-state index contributed by atoms with van der Waals surface area (Å²) in [5, 5.41) is 9.60. The highest BCUT2D eigenvalue weighted by atomic mass is 16.6. The Labute approximate surface area is 90.5 Å². The maximum absolute atomic E-state index is 11.9. The van der Waals surface area contributed by atoms with Gasteiger partial charge in [-0.1, -0.05) is 0 Å². The minimum atomic E-state index is -2.48. The molecule has 1 aliphatic heterocycles. The van der Waals surface area contributed by atoms with Crippen molar-refractivity contribution in [1.82, 2.24) is 4.90 Å². The van der Waals surface area contributed by atoms with E-state index in [0.717, 1.165) is 0 Å². The molecule has 0 aromatic carbocycles. The maximum Gasteiger partial charge on any atom is 0.410 e. The number of ether oxygens (including phenoxy) is 1. The first-order valence-electron chi connectivity index (χ1n) is 6.59. The molecule has 1 saturated heterocycles. The molecule has 4 heteroatoms. The van der Waals surface area contributed by atoms with Crippen molar-refractivity contribution >= 4 is 6.09 Å². The van der Waals surface area contributed by atoms with Crippen LogP contribution in [0.15, 0.2) is 0 Å². The summed E-state index contributed by atoms with van der Waals surface area (Å²) in [6.07, 6.45) is -2.70. The van der Waals surface area contributed by atoms with Gasteiger partial charge in [-0.2, -0.15) is 0 Å². The molecule has 0 aliphatic carbocycles. The Bertz CT molecular complexity index is 341. The predicted octanol–water partition coefficient (Wildman–Crippen LogP) is 1.38. The highest BCUT2D eigenvalue weighted by Crippen LogP contribution is 2.14. The number of likely N-dealkylation sites (tertiary alicyclic amines) is 1. The number of carbonyl (C=O) groups excluding carboxylic acids is 1. The van der Waals surface area contributed by atoms with Gasteiger partial charge in [0.1, 0.15) is 5.60 Å². The summed E-state index contributed by atoms with van der Waals surface area (Å²) in [4.78, 5) is 12.3. The van der Waals surface area contributed by atoms with Crippen molar-refractivity contribution in [2.75, 3.05) is 13.0 Å². The van der Waals surface area contributed by atoms with Gasteiger partial charge in [-0.3, -0.25) is 0 Å². The van der Waals surface area contributed by atoms with E-state index >= 15 is 0 Å². The molecular weight excluding hydrogens is 182 g/mol. The average molecular weight is 205 g/mol. The monoisotopic (exact) mass is 205 g/mol. The zero-order valence-corrected chi connectivity index (χ0v) is 8.70. The van der Waals surface area contributed by atoms with E-state index in [1.54, 1.807) is 20.8 Å². The molecule has 0 spiro atoms. The predicted molar refractivity (Wildman–Crippen MR) is 53.0 cm³/mol. The molecule has 0 radical (unpaired) electrons. The summed E-state index contributed by atoms with van der Waals surface area (Å²) in [6.45, 7) is 0.165. The Morgan fingerprint density at radius 2 is 2.29 bits per heavy atom. The Hall–Kier alpha value is -0.770.